The lowest BCUT2D eigenvalue weighted by atomic mass is 9.59. The predicted octanol–water partition coefficient (Wildman–Crippen LogP) is 5.24. The Bertz CT molecular complexity index is 893. The van der Waals surface area contributed by atoms with Gasteiger partial charge in [0.05, 0.1) is 11.5 Å². The molecule has 5 rings (SSSR count). The van der Waals surface area contributed by atoms with E-state index >= 15 is 0 Å². The Balaban J connectivity index is 1.50. The molecule has 0 aliphatic heterocycles. The van der Waals surface area contributed by atoms with E-state index in [1.807, 2.05) is 27.7 Å². The van der Waals surface area contributed by atoms with Crippen molar-refractivity contribution in [1.82, 2.24) is 5.32 Å². The normalized spacial score (nSPS) is 28.6. The first-order valence-electron chi connectivity index (χ1n) is 11.4. The van der Waals surface area contributed by atoms with E-state index in [0.29, 0.717) is 18.6 Å². The van der Waals surface area contributed by atoms with Gasteiger partial charge in [-0.15, -0.1) is 0 Å². The van der Waals surface area contributed by atoms with Gasteiger partial charge in [0.25, 0.3) is 0 Å². The first-order chi connectivity index (χ1) is 14.3. The van der Waals surface area contributed by atoms with Gasteiger partial charge in [-0.05, 0) is 75.6 Å². The third-order valence-corrected chi connectivity index (χ3v) is 6.80. The van der Waals surface area contributed by atoms with E-state index in [1.54, 1.807) is 0 Å². The SMILES string of the molecule is CCO[C@]12CC[C@H](C[C@H]1C(=O)OC(C)(C)C)C(NCc1cccc3ccccc13)C2. The summed E-state index contributed by atoms with van der Waals surface area (Å²) in [5.41, 5.74) is 0.457. The van der Waals surface area contributed by atoms with Gasteiger partial charge in [-0.25, -0.2) is 0 Å². The van der Waals surface area contributed by atoms with E-state index in [-0.39, 0.29) is 11.9 Å². The van der Waals surface area contributed by atoms with E-state index in [2.05, 4.69) is 47.8 Å². The Morgan fingerprint density at radius 2 is 1.93 bits per heavy atom. The standard InChI is InChI=1S/C26H35NO3/c1-5-29-26-14-13-19(15-22(26)24(28)30-25(2,3)4)23(16-26)27-17-20-11-8-10-18-9-6-7-12-21(18)20/h6-12,19,22-23,27H,5,13-17H2,1-4H3/t19-,22+,23?,26+/m1/s1. The molecule has 1 N–H and O–H groups in total. The Labute approximate surface area is 180 Å². The molecule has 3 aliphatic carbocycles. The smallest absolute Gasteiger partial charge is 0.312 e. The van der Waals surface area contributed by atoms with Crippen LogP contribution in [0.3, 0.4) is 0 Å². The summed E-state index contributed by atoms with van der Waals surface area (Å²) in [5, 5.41) is 6.40. The van der Waals surface area contributed by atoms with Gasteiger partial charge < -0.3 is 14.8 Å². The molecule has 2 aromatic rings. The maximum absolute atomic E-state index is 13.0. The summed E-state index contributed by atoms with van der Waals surface area (Å²) < 4.78 is 12.1. The van der Waals surface area contributed by atoms with Crippen LogP contribution >= 0.6 is 0 Å². The molecule has 3 fully saturated rings. The van der Waals surface area contributed by atoms with Crippen molar-refractivity contribution in [2.75, 3.05) is 6.61 Å². The van der Waals surface area contributed by atoms with Crippen molar-refractivity contribution in [3.05, 3.63) is 48.0 Å². The van der Waals surface area contributed by atoms with Gasteiger partial charge in [0.2, 0.25) is 0 Å². The second-order valence-electron chi connectivity index (χ2n) is 9.95. The minimum Gasteiger partial charge on any atom is -0.460 e. The van der Waals surface area contributed by atoms with Crippen LogP contribution < -0.4 is 5.32 Å². The lowest BCUT2D eigenvalue weighted by Crippen LogP contribution is -2.61. The third-order valence-electron chi connectivity index (χ3n) is 6.80. The molecule has 0 saturated heterocycles. The summed E-state index contributed by atoms with van der Waals surface area (Å²) >= 11 is 0. The lowest BCUT2D eigenvalue weighted by Gasteiger charge is -2.54. The van der Waals surface area contributed by atoms with Crippen molar-refractivity contribution in [2.24, 2.45) is 11.8 Å². The quantitative estimate of drug-likeness (QED) is 0.663. The fourth-order valence-electron chi connectivity index (χ4n) is 5.52. The monoisotopic (exact) mass is 409 g/mol. The summed E-state index contributed by atoms with van der Waals surface area (Å²) in [6.45, 7) is 9.30. The molecule has 4 atom stereocenters. The fourth-order valence-corrected chi connectivity index (χ4v) is 5.52. The van der Waals surface area contributed by atoms with Crippen molar-refractivity contribution >= 4 is 16.7 Å². The second kappa shape index (κ2) is 8.32. The van der Waals surface area contributed by atoms with Crippen molar-refractivity contribution in [1.29, 1.82) is 0 Å². The maximum atomic E-state index is 13.0. The number of esters is 1. The van der Waals surface area contributed by atoms with E-state index in [4.69, 9.17) is 9.47 Å². The largest absolute Gasteiger partial charge is 0.460 e. The number of fused-ring (bicyclic) bond motifs is 4. The van der Waals surface area contributed by atoms with E-state index < -0.39 is 11.2 Å². The van der Waals surface area contributed by atoms with Crippen LogP contribution in [0.2, 0.25) is 0 Å². The Kier molecular flexibility index (Phi) is 5.91. The number of carbonyl (C=O) groups is 1. The van der Waals surface area contributed by atoms with Gasteiger partial charge in [0.1, 0.15) is 5.60 Å². The summed E-state index contributed by atoms with van der Waals surface area (Å²) in [4.78, 5) is 13.0. The van der Waals surface area contributed by atoms with Crippen LogP contribution in [0.1, 0.15) is 58.9 Å². The van der Waals surface area contributed by atoms with Gasteiger partial charge >= 0.3 is 5.97 Å². The van der Waals surface area contributed by atoms with Crippen LogP contribution in [0.15, 0.2) is 42.5 Å². The molecule has 1 unspecified atom stereocenters. The molecule has 0 aromatic heterocycles. The van der Waals surface area contributed by atoms with Gasteiger partial charge in [0, 0.05) is 19.2 Å². The summed E-state index contributed by atoms with van der Waals surface area (Å²) in [6.07, 6.45) is 3.77. The van der Waals surface area contributed by atoms with Crippen LogP contribution in [-0.4, -0.2) is 29.8 Å². The second-order valence-corrected chi connectivity index (χ2v) is 9.95. The molecule has 0 heterocycles. The van der Waals surface area contributed by atoms with Crippen molar-refractivity contribution < 1.29 is 14.3 Å². The first-order valence-corrected chi connectivity index (χ1v) is 11.4. The number of nitrogens with one attached hydrogen (secondary N) is 1. The van der Waals surface area contributed by atoms with Gasteiger partial charge in [-0.1, -0.05) is 42.5 Å². The topological polar surface area (TPSA) is 47.6 Å². The highest BCUT2D eigenvalue weighted by Gasteiger charge is 2.56. The molecular weight excluding hydrogens is 374 g/mol. The number of hydrogen-bond donors (Lipinski definition) is 1. The lowest BCUT2D eigenvalue weighted by molar-refractivity contribution is -0.196. The van der Waals surface area contributed by atoms with Crippen LogP contribution in [0.25, 0.3) is 10.8 Å². The first kappa shape index (κ1) is 21.3. The fraction of sp³-hybridized carbons (Fsp3) is 0.577. The molecule has 3 aliphatic rings. The molecule has 0 radical (unpaired) electrons. The minimum atomic E-state index is -0.465. The van der Waals surface area contributed by atoms with Crippen molar-refractivity contribution in [3.8, 4) is 0 Å². The average Bonchev–Trinajstić information content (AvgIpc) is 2.71. The molecule has 162 valence electrons. The molecule has 0 amide bonds. The number of hydrogen-bond acceptors (Lipinski definition) is 4. The highest BCUT2D eigenvalue weighted by molar-refractivity contribution is 5.85. The number of carbonyl (C=O) groups excluding carboxylic acids is 1. The van der Waals surface area contributed by atoms with Crippen LogP contribution in [0.5, 0.6) is 0 Å². The maximum Gasteiger partial charge on any atom is 0.312 e. The van der Waals surface area contributed by atoms with Crippen molar-refractivity contribution in [3.63, 3.8) is 0 Å². The number of rotatable bonds is 6. The van der Waals surface area contributed by atoms with Crippen LogP contribution in [-0.2, 0) is 20.8 Å². The zero-order valence-corrected chi connectivity index (χ0v) is 18.7. The molecule has 30 heavy (non-hydrogen) atoms. The molecular formula is C26H35NO3. The number of benzene rings is 2. The summed E-state index contributed by atoms with van der Waals surface area (Å²) in [5.74, 6) is 0.235. The molecule has 0 spiro atoms. The molecule has 4 heteroatoms. The number of ether oxygens (including phenoxy) is 2. The Hall–Kier alpha value is -1.91. The molecule has 4 nitrogen and oxygen atoms in total. The van der Waals surface area contributed by atoms with Gasteiger partial charge in [-0.3, -0.25) is 4.79 Å². The van der Waals surface area contributed by atoms with E-state index in [0.717, 1.165) is 32.2 Å². The van der Waals surface area contributed by atoms with Crippen molar-refractivity contribution in [2.45, 2.75) is 77.2 Å². The van der Waals surface area contributed by atoms with Gasteiger partial charge in [-0.2, -0.15) is 0 Å². The molecule has 2 bridgehead atoms. The van der Waals surface area contributed by atoms with E-state index in [1.165, 1.54) is 16.3 Å². The van der Waals surface area contributed by atoms with Gasteiger partial charge in [0.15, 0.2) is 0 Å². The highest BCUT2D eigenvalue weighted by atomic mass is 16.6. The zero-order valence-electron chi connectivity index (χ0n) is 18.7. The highest BCUT2D eigenvalue weighted by Crippen LogP contribution is 2.51. The molecule has 3 saturated carbocycles. The van der Waals surface area contributed by atoms with Crippen LogP contribution in [0.4, 0.5) is 0 Å². The Morgan fingerprint density at radius 1 is 1.17 bits per heavy atom. The third kappa shape index (κ3) is 4.26. The summed E-state index contributed by atoms with van der Waals surface area (Å²) in [6, 6.07) is 15.4. The average molecular weight is 410 g/mol. The predicted molar refractivity (Wildman–Crippen MR) is 120 cm³/mol. The minimum absolute atomic E-state index is 0.0897. The zero-order chi connectivity index (χ0) is 21.4. The van der Waals surface area contributed by atoms with E-state index in [9.17, 15) is 4.79 Å². The van der Waals surface area contributed by atoms with Crippen LogP contribution in [0, 0.1) is 11.8 Å². The molecule has 2 aromatic carbocycles. The summed E-state index contributed by atoms with van der Waals surface area (Å²) in [7, 11) is 0. The Morgan fingerprint density at radius 3 is 2.70 bits per heavy atom.